The molecule has 0 saturated heterocycles. The zero-order valence-corrected chi connectivity index (χ0v) is 11.0. The third-order valence-corrected chi connectivity index (χ3v) is 2.66. The second-order valence-corrected chi connectivity index (χ2v) is 4.22. The largest absolute Gasteiger partial charge is 0.466 e. The van der Waals surface area contributed by atoms with E-state index >= 15 is 0 Å². The topological polar surface area (TPSA) is 58.6 Å². The molecule has 0 aliphatic carbocycles. The van der Waals surface area contributed by atoms with Gasteiger partial charge in [0.2, 0.25) is 0 Å². The van der Waals surface area contributed by atoms with Crippen LogP contribution in [0, 0.1) is 6.92 Å². The maximum absolute atomic E-state index is 11.1. The molecule has 100 valence electrons. The summed E-state index contributed by atoms with van der Waals surface area (Å²) in [6.07, 6.45) is -0.665. The highest BCUT2D eigenvalue weighted by Crippen LogP contribution is 2.06. The summed E-state index contributed by atoms with van der Waals surface area (Å²) in [7, 11) is 0. The maximum atomic E-state index is 11.1. The number of benzene rings is 1. The standard InChI is InChI=1S/C14H21NO3/c1-3-18-14(17)8-13(16)10-15-9-12-7-5-4-6-11(12)2/h4-7,13,15-16H,3,8-10H2,1-2H3. The fraction of sp³-hybridized carbons (Fsp3) is 0.500. The molecule has 1 rings (SSSR count). The second kappa shape index (κ2) is 7.84. The van der Waals surface area contributed by atoms with Crippen molar-refractivity contribution < 1.29 is 14.6 Å². The van der Waals surface area contributed by atoms with Gasteiger partial charge in [-0.2, -0.15) is 0 Å². The van der Waals surface area contributed by atoms with Crippen molar-refractivity contribution in [2.24, 2.45) is 0 Å². The summed E-state index contributed by atoms with van der Waals surface area (Å²) >= 11 is 0. The molecule has 18 heavy (non-hydrogen) atoms. The van der Waals surface area contributed by atoms with Gasteiger partial charge in [-0.1, -0.05) is 24.3 Å². The molecule has 1 atom stereocenters. The Hall–Kier alpha value is -1.39. The van der Waals surface area contributed by atoms with E-state index in [1.165, 1.54) is 11.1 Å². The van der Waals surface area contributed by atoms with E-state index in [1.807, 2.05) is 31.2 Å². The van der Waals surface area contributed by atoms with Crippen molar-refractivity contribution in [1.29, 1.82) is 0 Å². The van der Waals surface area contributed by atoms with Crippen LogP contribution in [-0.4, -0.2) is 30.3 Å². The minimum Gasteiger partial charge on any atom is -0.466 e. The zero-order valence-electron chi connectivity index (χ0n) is 11.0. The van der Waals surface area contributed by atoms with Crippen molar-refractivity contribution in [1.82, 2.24) is 5.32 Å². The molecular formula is C14H21NO3. The number of aryl methyl sites for hydroxylation is 1. The Morgan fingerprint density at radius 3 is 2.83 bits per heavy atom. The third-order valence-electron chi connectivity index (χ3n) is 2.66. The van der Waals surface area contributed by atoms with Crippen molar-refractivity contribution in [3.63, 3.8) is 0 Å². The van der Waals surface area contributed by atoms with Crippen LogP contribution < -0.4 is 5.32 Å². The van der Waals surface area contributed by atoms with Gasteiger partial charge in [-0.3, -0.25) is 4.79 Å². The highest BCUT2D eigenvalue weighted by Gasteiger charge is 2.11. The van der Waals surface area contributed by atoms with Gasteiger partial charge in [-0.05, 0) is 25.0 Å². The summed E-state index contributed by atoms with van der Waals surface area (Å²) in [6.45, 7) is 5.22. The zero-order chi connectivity index (χ0) is 13.4. The Bertz CT molecular complexity index is 379. The predicted octanol–water partition coefficient (Wildman–Crippen LogP) is 1.40. The van der Waals surface area contributed by atoms with Gasteiger partial charge >= 0.3 is 5.97 Å². The van der Waals surface area contributed by atoms with Gasteiger partial charge in [0, 0.05) is 13.1 Å². The number of carbonyl (C=O) groups is 1. The van der Waals surface area contributed by atoms with Crippen LogP contribution in [0.3, 0.4) is 0 Å². The van der Waals surface area contributed by atoms with E-state index < -0.39 is 6.10 Å². The molecule has 0 aromatic heterocycles. The van der Waals surface area contributed by atoms with Crippen molar-refractivity contribution in [3.05, 3.63) is 35.4 Å². The maximum Gasteiger partial charge on any atom is 0.308 e. The molecule has 0 heterocycles. The lowest BCUT2D eigenvalue weighted by Gasteiger charge is -2.12. The van der Waals surface area contributed by atoms with Crippen LogP contribution in [-0.2, 0) is 16.1 Å². The van der Waals surface area contributed by atoms with E-state index in [1.54, 1.807) is 6.92 Å². The first-order valence-corrected chi connectivity index (χ1v) is 6.22. The highest BCUT2D eigenvalue weighted by atomic mass is 16.5. The van der Waals surface area contributed by atoms with E-state index in [4.69, 9.17) is 4.74 Å². The molecule has 1 aromatic rings. The molecule has 0 saturated carbocycles. The molecule has 0 bridgehead atoms. The lowest BCUT2D eigenvalue weighted by atomic mass is 10.1. The van der Waals surface area contributed by atoms with E-state index in [9.17, 15) is 9.90 Å². The molecule has 1 aromatic carbocycles. The predicted molar refractivity (Wildman–Crippen MR) is 70.1 cm³/mol. The molecule has 0 spiro atoms. The number of aliphatic hydroxyl groups excluding tert-OH is 1. The van der Waals surface area contributed by atoms with E-state index in [-0.39, 0.29) is 12.4 Å². The first-order chi connectivity index (χ1) is 8.63. The summed E-state index contributed by atoms with van der Waals surface area (Å²) in [5, 5.41) is 12.8. The Morgan fingerprint density at radius 2 is 2.17 bits per heavy atom. The Kier molecular flexibility index (Phi) is 6.39. The van der Waals surface area contributed by atoms with Crippen molar-refractivity contribution in [2.75, 3.05) is 13.2 Å². The number of ether oxygens (including phenoxy) is 1. The van der Waals surface area contributed by atoms with Crippen molar-refractivity contribution in [3.8, 4) is 0 Å². The summed E-state index contributed by atoms with van der Waals surface area (Å²) in [4.78, 5) is 11.1. The second-order valence-electron chi connectivity index (χ2n) is 4.22. The molecule has 0 aliphatic heterocycles. The van der Waals surface area contributed by atoms with Gasteiger partial charge in [-0.25, -0.2) is 0 Å². The number of hydrogen-bond donors (Lipinski definition) is 2. The molecule has 4 heteroatoms. The molecule has 4 nitrogen and oxygen atoms in total. The van der Waals surface area contributed by atoms with Crippen LogP contribution in [0.25, 0.3) is 0 Å². The van der Waals surface area contributed by atoms with Crippen molar-refractivity contribution >= 4 is 5.97 Å². The van der Waals surface area contributed by atoms with E-state index in [0.717, 1.165) is 0 Å². The summed E-state index contributed by atoms with van der Waals surface area (Å²) in [5.74, 6) is -0.359. The fourth-order valence-corrected chi connectivity index (χ4v) is 1.67. The van der Waals surface area contributed by atoms with Gasteiger partial charge in [0.15, 0.2) is 0 Å². The van der Waals surface area contributed by atoms with Gasteiger partial charge in [0.1, 0.15) is 0 Å². The monoisotopic (exact) mass is 251 g/mol. The summed E-state index contributed by atoms with van der Waals surface area (Å²) in [6, 6.07) is 8.07. The highest BCUT2D eigenvalue weighted by molar-refractivity contribution is 5.69. The Labute approximate surface area is 108 Å². The molecule has 0 radical (unpaired) electrons. The summed E-state index contributed by atoms with van der Waals surface area (Å²) in [5.41, 5.74) is 2.41. The van der Waals surface area contributed by atoms with Crippen LogP contribution in [0.15, 0.2) is 24.3 Å². The Balaban J connectivity index is 2.25. The van der Waals surface area contributed by atoms with Gasteiger partial charge in [-0.15, -0.1) is 0 Å². The third kappa shape index (κ3) is 5.29. The minimum atomic E-state index is -0.701. The number of aliphatic hydroxyl groups is 1. The Morgan fingerprint density at radius 1 is 1.44 bits per heavy atom. The molecule has 0 aliphatic rings. The van der Waals surface area contributed by atoms with E-state index in [2.05, 4.69) is 5.32 Å². The van der Waals surface area contributed by atoms with E-state index in [0.29, 0.717) is 19.7 Å². The molecular weight excluding hydrogens is 230 g/mol. The molecule has 1 unspecified atom stereocenters. The van der Waals surface area contributed by atoms with Crippen LogP contribution >= 0.6 is 0 Å². The van der Waals surface area contributed by atoms with Gasteiger partial charge < -0.3 is 15.2 Å². The van der Waals surface area contributed by atoms with Gasteiger partial charge in [0.25, 0.3) is 0 Å². The normalized spacial score (nSPS) is 12.2. The van der Waals surface area contributed by atoms with Crippen LogP contribution in [0.4, 0.5) is 0 Å². The van der Waals surface area contributed by atoms with Crippen LogP contribution in [0.1, 0.15) is 24.5 Å². The number of hydrogen-bond acceptors (Lipinski definition) is 4. The molecule has 0 amide bonds. The number of carbonyl (C=O) groups excluding carboxylic acids is 1. The summed E-state index contributed by atoms with van der Waals surface area (Å²) < 4.78 is 4.77. The lowest BCUT2D eigenvalue weighted by molar-refractivity contribution is -0.145. The fourth-order valence-electron chi connectivity index (χ4n) is 1.67. The first kappa shape index (κ1) is 14.7. The van der Waals surface area contributed by atoms with Crippen LogP contribution in [0.5, 0.6) is 0 Å². The first-order valence-electron chi connectivity index (χ1n) is 6.22. The number of rotatable bonds is 7. The average Bonchev–Trinajstić information content (AvgIpc) is 2.31. The smallest absolute Gasteiger partial charge is 0.308 e. The lowest BCUT2D eigenvalue weighted by Crippen LogP contribution is -2.29. The molecule has 2 N–H and O–H groups in total. The molecule has 0 fully saturated rings. The van der Waals surface area contributed by atoms with Crippen molar-refractivity contribution in [2.45, 2.75) is 32.9 Å². The number of esters is 1. The minimum absolute atomic E-state index is 0.0363. The van der Waals surface area contributed by atoms with Gasteiger partial charge in [0.05, 0.1) is 19.1 Å². The quantitative estimate of drug-likeness (QED) is 0.719. The van der Waals surface area contributed by atoms with Crippen LogP contribution in [0.2, 0.25) is 0 Å². The SMILES string of the molecule is CCOC(=O)CC(O)CNCc1ccccc1C. The number of nitrogens with one attached hydrogen (secondary N) is 1. The average molecular weight is 251 g/mol.